The summed E-state index contributed by atoms with van der Waals surface area (Å²) in [5.74, 6) is -2.10. The van der Waals surface area contributed by atoms with Crippen LogP contribution in [0.15, 0.2) is 42.0 Å². The molecule has 1 aromatic carbocycles. The molecule has 0 atom stereocenters. The Labute approximate surface area is 116 Å². The summed E-state index contributed by atoms with van der Waals surface area (Å²) in [7, 11) is 0. The number of nitrogens with zero attached hydrogens (tertiary/aromatic N) is 3. The molecule has 0 unspecified atom stereocenters. The minimum Gasteiger partial charge on any atom is -0.279 e. The molecule has 0 amide bonds. The van der Waals surface area contributed by atoms with Crippen molar-refractivity contribution in [1.82, 2.24) is 4.98 Å². The number of benzene rings is 1. The first kappa shape index (κ1) is 14.2. The molecule has 2 rings (SSSR count). The molecule has 0 aliphatic heterocycles. The van der Waals surface area contributed by atoms with E-state index < -0.39 is 22.4 Å². The average molecular weight is 291 g/mol. The van der Waals surface area contributed by atoms with E-state index in [0.29, 0.717) is 0 Å². The van der Waals surface area contributed by atoms with Crippen LogP contribution in [0.25, 0.3) is 11.1 Å². The number of aromatic nitrogens is 1. The zero-order chi connectivity index (χ0) is 15.4. The second-order valence-electron chi connectivity index (χ2n) is 3.80. The highest BCUT2D eigenvalue weighted by Crippen LogP contribution is 2.27. The largest absolute Gasteiger partial charge is 0.370 e. The molecule has 0 spiro atoms. The average Bonchev–Trinajstić information content (AvgIpc) is 2.47. The molecule has 2 aromatic rings. The van der Waals surface area contributed by atoms with Crippen LogP contribution in [0.1, 0.15) is 10.4 Å². The lowest BCUT2D eigenvalue weighted by Gasteiger charge is -2.06. The van der Waals surface area contributed by atoms with Crippen molar-refractivity contribution in [3.8, 4) is 11.1 Å². The molecule has 8 nitrogen and oxygen atoms in total. The second-order valence-corrected chi connectivity index (χ2v) is 3.80. The van der Waals surface area contributed by atoms with Crippen molar-refractivity contribution in [3.63, 3.8) is 0 Å². The summed E-state index contributed by atoms with van der Waals surface area (Å²) in [5, 5.41) is 12.6. The molecule has 1 heterocycles. The molecule has 0 aliphatic rings. The summed E-state index contributed by atoms with van der Waals surface area (Å²) in [6.07, 6.45) is 2.51. The maximum absolute atomic E-state index is 13.6. The SMILES string of the molecule is O=NOC(=O)c1ccncc1-c1ccc([N+](=O)[O-])c(F)c1. The smallest absolute Gasteiger partial charge is 0.279 e. The molecular formula is C12H6FN3O5. The van der Waals surface area contributed by atoms with E-state index >= 15 is 0 Å². The highest BCUT2D eigenvalue weighted by Gasteiger charge is 2.19. The van der Waals surface area contributed by atoms with Gasteiger partial charge in [0.25, 0.3) is 0 Å². The molecule has 0 aliphatic carbocycles. The standard InChI is InChI=1S/C12H6FN3O5/c13-10-5-7(1-2-11(10)16(19)20)9-6-14-4-3-8(9)12(17)21-15-18/h1-6H. The van der Waals surface area contributed by atoms with Crippen molar-refractivity contribution in [2.45, 2.75) is 0 Å². The molecule has 21 heavy (non-hydrogen) atoms. The third-order valence-electron chi connectivity index (χ3n) is 2.62. The predicted octanol–water partition coefficient (Wildman–Crippen LogP) is 2.63. The van der Waals surface area contributed by atoms with Crippen LogP contribution in [0, 0.1) is 20.8 Å². The monoisotopic (exact) mass is 291 g/mol. The van der Waals surface area contributed by atoms with Crippen molar-refractivity contribution < 1.29 is 18.9 Å². The summed E-state index contributed by atoms with van der Waals surface area (Å²) in [4.78, 5) is 39.0. The Morgan fingerprint density at radius 3 is 2.76 bits per heavy atom. The van der Waals surface area contributed by atoms with Gasteiger partial charge in [0, 0.05) is 24.0 Å². The number of rotatable bonds is 4. The third kappa shape index (κ3) is 2.86. The highest BCUT2D eigenvalue weighted by atomic mass is 19.1. The van der Waals surface area contributed by atoms with E-state index in [-0.39, 0.29) is 16.7 Å². The lowest BCUT2D eigenvalue weighted by atomic mass is 10.0. The zero-order valence-electron chi connectivity index (χ0n) is 10.2. The van der Waals surface area contributed by atoms with E-state index in [9.17, 15) is 24.2 Å². The first-order valence-electron chi connectivity index (χ1n) is 5.47. The van der Waals surface area contributed by atoms with E-state index in [0.717, 1.165) is 12.1 Å². The van der Waals surface area contributed by atoms with Crippen LogP contribution >= 0.6 is 0 Å². The minimum atomic E-state index is -1.06. The van der Waals surface area contributed by atoms with Gasteiger partial charge in [-0.05, 0) is 23.8 Å². The van der Waals surface area contributed by atoms with Crippen LogP contribution in [0.2, 0.25) is 0 Å². The van der Waals surface area contributed by atoms with Crippen molar-refractivity contribution in [3.05, 3.63) is 63.1 Å². The number of nitro benzene ring substituents is 1. The molecular weight excluding hydrogens is 285 g/mol. The van der Waals surface area contributed by atoms with Gasteiger partial charge in [0.15, 0.2) is 5.34 Å². The van der Waals surface area contributed by atoms with Gasteiger partial charge in [-0.3, -0.25) is 19.9 Å². The summed E-state index contributed by atoms with van der Waals surface area (Å²) in [5.41, 5.74) is -0.442. The Balaban J connectivity index is 2.52. The Bertz CT molecular complexity index is 735. The summed E-state index contributed by atoms with van der Waals surface area (Å²) >= 11 is 0. The molecule has 0 N–H and O–H groups in total. The van der Waals surface area contributed by atoms with E-state index in [1.165, 1.54) is 24.5 Å². The minimum absolute atomic E-state index is 0.0714. The predicted molar refractivity (Wildman–Crippen MR) is 67.5 cm³/mol. The fourth-order valence-corrected chi connectivity index (χ4v) is 1.71. The molecule has 0 saturated heterocycles. The number of carbonyl (C=O) groups is 1. The number of pyridine rings is 1. The van der Waals surface area contributed by atoms with Gasteiger partial charge in [-0.2, -0.15) is 4.39 Å². The van der Waals surface area contributed by atoms with Gasteiger partial charge in [-0.1, -0.05) is 0 Å². The van der Waals surface area contributed by atoms with Crippen LogP contribution in [0.5, 0.6) is 0 Å². The number of nitro groups is 1. The van der Waals surface area contributed by atoms with Crippen LogP contribution in [0.3, 0.4) is 0 Å². The maximum Gasteiger partial charge on any atom is 0.370 e. The third-order valence-corrected chi connectivity index (χ3v) is 2.62. The number of halogens is 1. The van der Waals surface area contributed by atoms with E-state index in [1.807, 2.05) is 5.34 Å². The summed E-state index contributed by atoms with van der Waals surface area (Å²) < 4.78 is 13.6. The van der Waals surface area contributed by atoms with Crippen LogP contribution in [-0.2, 0) is 4.84 Å². The maximum atomic E-state index is 13.6. The fraction of sp³-hybridized carbons (Fsp3) is 0. The van der Waals surface area contributed by atoms with Gasteiger partial charge in [0.1, 0.15) is 0 Å². The van der Waals surface area contributed by atoms with Gasteiger partial charge in [-0.15, -0.1) is 4.91 Å². The van der Waals surface area contributed by atoms with E-state index in [2.05, 4.69) is 9.82 Å². The molecule has 1 aromatic heterocycles. The summed E-state index contributed by atoms with van der Waals surface area (Å²) in [6.45, 7) is 0. The van der Waals surface area contributed by atoms with Crippen LogP contribution in [-0.4, -0.2) is 15.9 Å². The Kier molecular flexibility index (Phi) is 3.93. The zero-order valence-corrected chi connectivity index (χ0v) is 10.2. The Morgan fingerprint density at radius 1 is 1.38 bits per heavy atom. The Morgan fingerprint density at radius 2 is 2.14 bits per heavy atom. The van der Waals surface area contributed by atoms with Crippen molar-refractivity contribution in [1.29, 1.82) is 0 Å². The Hall–Kier alpha value is -3.23. The number of hydrogen-bond donors (Lipinski definition) is 0. The number of hydrogen-bond acceptors (Lipinski definition) is 7. The highest BCUT2D eigenvalue weighted by molar-refractivity contribution is 5.96. The molecule has 0 saturated carbocycles. The van der Waals surface area contributed by atoms with Crippen LogP contribution < -0.4 is 0 Å². The second kappa shape index (κ2) is 5.82. The lowest BCUT2D eigenvalue weighted by Crippen LogP contribution is -2.03. The molecule has 0 bridgehead atoms. The number of carbonyl (C=O) groups excluding carboxylic acids is 1. The van der Waals surface area contributed by atoms with Gasteiger partial charge in [-0.25, -0.2) is 4.79 Å². The molecule has 0 radical (unpaired) electrons. The quantitative estimate of drug-likeness (QED) is 0.486. The van der Waals surface area contributed by atoms with Gasteiger partial charge in [0.05, 0.1) is 10.5 Å². The summed E-state index contributed by atoms with van der Waals surface area (Å²) in [6, 6.07) is 4.36. The van der Waals surface area contributed by atoms with Crippen molar-refractivity contribution in [2.24, 2.45) is 5.34 Å². The molecule has 9 heteroatoms. The van der Waals surface area contributed by atoms with E-state index in [4.69, 9.17) is 0 Å². The topological polar surface area (TPSA) is 112 Å². The van der Waals surface area contributed by atoms with Gasteiger partial charge >= 0.3 is 11.7 Å². The first-order valence-corrected chi connectivity index (χ1v) is 5.47. The van der Waals surface area contributed by atoms with Gasteiger partial charge < -0.3 is 0 Å². The first-order chi connectivity index (χ1) is 10.0. The van der Waals surface area contributed by atoms with E-state index in [1.54, 1.807) is 0 Å². The van der Waals surface area contributed by atoms with Crippen molar-refractivity contribution in [2.75, 3.05) is 0 Å². The lowest BCUT2D eigenvalue weighted by molar-refractivity contribution is -0.387. The molecule has 0 fully saturated rings. The normalized spacial score (nSPS) is 9.95. The van der Waals surface area contributed by atoms with Gasteiger partial charge in [0.2, 0.25) is 5.82 Å². The van der Waals surface area contributed by atoms with Crippen molar-refractivity contribution >= 4 is 11.7 Å². The fourth-order valence-electron chi connectivity index (χ4n) is 1.71. The van der Waals surface area contributed by atoms with Crippen LogP contribution in [0.4, 0.5) is 10.1 Å². The molecule has 106 valence electrons.